The number of aromatic amines is 1. The Kier molecular flexibility index (Phi) is 6.77. The first-order valence-electron chi connectivity index (χ1n) is 10.5. The molecule has 0 fully saturated rings. The van der Waals surface area contributed by atoms with Crippen LogP contribution in [0.25, 0.3) is 28.5 Å². The van der Waals surface area contributed by atoms with Gasteiger partial charge < -0.3 is 4.74 Å². The van der Waals surface area contributed by atoms with Crippen LogP contribution in [0.1, 0.15) is 12.5 Å². The first-order chi connectivity index (χ1) is 17.7. The molecule has 0 aliphatic rings. The van der Waals surface area contributed by atoms with Crippen molar-refractivity contribution in [2.45, 2.75) is 24.4 Å². The van der Waals surface area contributed by atoms with E-state index in [1.807, 2.05) is 0 Å². The zero-order valence-electron chi connectivity index (χ0n) is 19.0. The number of hydrogen-bond acceptors (Lipinski definition) is 7. The van der Waals surface area contributed by atoms with E-state index in [4.69, 9.17) is 0 Å². The molecule has 0 radical (unpaired) electrons. The number of nitrogens with zero attached hydrogens (tertiary/aromatic N) is 4. The summed E-state index contributed by atoms with van der Waals surface area (Å²) in [6, 6.07) is 7.39. The summed E-state index contributed by atoms with van der Waals surface area (Å²) < 4.78 is 107. The van der Waals surface area contributed by atoms with Gasteiger partial charge in [0, 0.05) is 18.0 Å². The standard InChI is InChI=1S/C22H15F6N5O4S/c1-2-38(35,36)16-9-13(12-3-6-15(7-4-12)37-22(26,27)28)10-30-18(16)19-31-32-20(34)33(19)17-8-5-14(11-29-17)21(23,24)25/h3-11H,2H2,1H3,(H,32,34). The summed E-state index contributed by atoms with van der Waals surface area (Å²) in [5.74, 6) is -1.50. The lowest BCUT2D eigenvalue weighted by atomic mass is 10.1. The number of aromatic nitrogens is 5. The minimum Gasteiger partial charge on any atom is -0.406 e. The predicted octanol–water partition coefficient (Wildman–Crippen LogP) is 4.40. The van der Waals surface area contributed by atoms with Crippen LogP contribution in [0.5, 0.6) is 5.75 Å². The summed E-state index contributed by atoms with van der Waals surface area (Å²) in [4.78, 5) is 19.9. The van der Waals surface area contributed by atoms with Gasteiger partial charge in [0.05, 0.1) is 16.2 Å². The molecule has 0 bridgehead atoms. The molecule has 0 amide bonds. The zero-order chi connectivity index (χ0) is 27.9. The third kappa shape index (κ3) is 5.53. The van der Waals surface area contributed by atoms with Gasteiger partial charge in [0.25, 0.3) is 0 Å². The number of halogens is 6. The topological polar surface area (TPSA) is 120 Å². The summed E-state index contributed by atoms with van der Waals surface area (Å²) >= 11 is 0. The summed E-state index contributed by atoms with van der Waals surface area (Å²) in [6.45, 7) is 1.35. The quantitative estimate of drug-likeness (QED) is 0.348. The number of H-pyrrole nitrogens is 1. The molecular formula is C22H15F6N5O4S. The summed E-state index contributed by atoms with van der Waals surface area (Å²) in [7, 11) is -4.03. The molecule has 9 nitrogen and oxygen atoms in total. The van der Waals surface area contributed by atoms with Gasteiger partial charge in [-0.25, -0.2) is 27.9 Å². The Morgan fingerprint density at radius 3 is 2.18 bits per heavy atom. The van der Waals surface area contributed by atoms with Crippen molar-refractivity contribution in [3.05, 3.63) is 70.9 Å². The van der Waals surface area contributed by atoms with Crippen molar-refractivity contribution in [3.63, 3.8) is 0 Å². The van der Waals surface area contributed by atoms with Gasteiger partial charge in [-0.1, -0.05) is 19.1 Å². The number of ether oxygens (including phenoxy) is 1. The Morgan fingerprint density at radius 2 is 1.63 bits per heavy atom. The van der Waals surface area contributed by atoms with Crippen molar-refractivity contribution in [3.8, 4) is 34.2 Å². The number of pyridine rings is 2. The number of benzene rings is 1. The molecule has 1 N–H and O–H groups in total. The Bertz CT molecular complexity index is 1630. The number of alkyl halides is 6. The number of nitrogens with one attached hydrogen (secondary N) is 1. The van der Waals surface area contributed by atoms with E-state index < -0.39 is 45.1 Å². The van der Waals surface area contributed by atoms with E-state index in [2.05, 4.69) is 24.9 Å². The van der Waals surface area contributed by atoms with E-state index in [-0.39, 0.29) is 27.8 Å². The highest BCUT2D eigenvalue weighted by atomic mass is 32.2. The highest BCUT2D eigenvalue weighted by Gasteiger charge is 2.32. The lowest BCUT2D eigenvalue weighted by Crippen LogP contribution is -2.18. The van der Waals surface area contributed by atoms with Crippen molar-refractivity contribution in [1.82, 2.24) is 24.7 Å². The minimum atomic E-state index is -4.89. The molecule has 0 aliphatic carbocycles. The number of sulfone groups is 1. The fourth-order valence-electron chi connectivity index (χ4n) is 3.37. The lowest BCUT2D eigenvalue weighted by Gasteiger charge is -2.13. The van der Waals surface area contributed by atoms with E-state index in [9.17, 15) is 39.6 Å². The Hall–Kier alpha value is -4.21. The van der Waals surface area contributed by atoms with E-state index in [1.54, 1.807) is 0 Å². The maximum Gasteiger partial charge on any atom is 0.573 e. The molecule has 4 rings (SSSR count). The zero-order valence-corrected chi connectivity index (χ0v) is 19.8. The van der Waals surface area contributed by atoms with Crippen LogP contribution in [0.15, 0.2) is 64.5 Å². The second kappa shape index (κ2) is 9.59. The third-order valence-electron chi connectivity index (χ3n) is 5.18. The summed E-state index contributed by atoms with van der Waals surface area (Å²) in [5.41, 5.74) is -1.78. The largest absolute Gasteiger partial charge is 0.573 e. The second-order valence-electron chi connectivity index (χ2n) is 7.64. The average Bonchev–Trinajstić information content (AvgIpc) is 3.24. The normalized spacial score (nSPS) is 12.5. The van der Waals surface area contributed by atoms with Crippen molar-refractivity contribution in [2.24, 2.45) is 0 Å². The number of rotatable bonds is 6. The summed E-state index contributed by atoms with van der Waals surface area (Å²) in [5, 5.41) is 5.90. The van der Waals surface area contributed by atoms with Gasteiger partial charge in [-0.2, -0.15) is 18.3 Å². The molecule has 16 heteroatoms. The molecule has 0 unspecified atom stereocenters. The molecular weight excluding hydrogens is 544 g/mol. The van der Waals surface area contributed by atoms with E-state index in [0.717, 1.165) is 22.8 Å². The first kappa shape index (κ1) is 26.8. The van der Waals surface area contributed by atoms with Crippen LogP contribution in [-0.4, -0.2) is 45.3 Å². The molecule has 3 heterocycles. The predicted molar refractivity (Wildman–Crippen MR) is 120 cm³/mol. The molecule has 38 heavy (non-hydrogen) atoms. The van der Waals surface area contributed by atoms with Crippen LogP contribution in [0.2, 0.25) is 0 Å². The third-order valence-corrected chi connectivity index (χ3v) is 6.92. The van der Waals surface area contributed by atoms with Gasteiger partial charge in [-0.05, 0) is 35.9 Å². The molecule has 0 saturated carbocycles. The van der Waals surface area contributed by atoms with E-state index in [1.165, 1.54) is 31.3 Å². The van der Waals surface area contributed by atoms with Crippen molar-refractivity contribution < 1.29 is 39.5 Å². The van der Waals surface area contributed by atoms with E-state index in [0.29, 0.717) is 17.8 Å². The van der Waals surface area contributed by atoms with E-state index >= 15 is 0 Å². The van der Waals surface area contributed by atoms with Gasteiger partial charge in [0.1, 0.15) is 17.3 Å². The van der Waals surface area contributed by atoms with Crippen molar-refractivity contribution in [2.75, 3.05) is 5.75 Å². The molecule has 200 valence electrons. The SMILES string of the molecule is CCS(=O)(=O)c1cc(-c2ccc(OC(F)(F)F)cc2)cnc1-c1n[nH]c(=O)n1-c1ccc(C(F)(F)F)cn1. The fourth-order valence-corrected chi connectivity index (χ4v) is 4.42. The van der Waals surface area contributed by atoms with Gasteiger partial charge >= 0.3 is 18.2 Å². The summed E-state index contributed by atoms with van der Waals surface area (Å²) in [6.07, 6.45) is -7.86. The number of hydrogen-bond donors (Lipinski definition) is 1. The first-order valence-corrected chi connectivity index (χ1v) is 12.2. The monoisotopic (exact) mass is 559 g/mol. The van der Waals surface area contributed by atoms with Crippen LogP contribution in [0.4, 0.5) is 26.3 Å². The maximum atomic E-state index is 12.9. The van der Waals surface area contributed by atoms with Crippen molar-refractivity contribution in [1.29, 1.82) is 0 Å². The Morgan fingerprint density at radius 1 is 0.947 bits per heavy atom. The molecule has 1 aromatic carbocycles. The molecule has 0 aliphatic heterocycles. The molecule has 3 aromatic heterocycles. The Labute approximate surface area is 209 Å². The molecule has 0 atom stereocenters. The fraction of sp³-hybridized carbons (Fsp3) is 0.182. The van der Waals surface area contributed by atoms with Crippen LogP contribution >= 0.6 is 0 Å². The van der Waals surface area contributed by atoms with Gasteiger partial charge in [0.15, 0.2) is 15.7 Å². The highest BCUT2D eigenvalue weighted by molar-refractivity contribution is 7.91. The van der Waals surface area contributed by atoms with Crippen LogP contribution in [0, 0.1) is 0 Å². The average molecular weight is 559 g/mol. The smallest absolute Gasteiger partial charge is 0.406 e. The molecule has 4 aromatic rings. The van der Waals surface area contributed by atoms with Gasteiger partial charge in [0.2, 0.25) is 0 Å². The van der Waals surface area contributed by atoms with Gasteiger partial charge in [-0.3, -0.25) is 4.98 Å². The maximum absolute atomic E-state index is 12.9. The lowest BCUT2D eigenvalue weighted by molar-refractivity contribution is -0.274. The van der Waals surface area contributed by atoms with Crippen molar-refractivity contribution >= 4 is 9.84 Å². The second-order valence-corrected chi connectivity index (χ2v) is 9.88. The Balaban J connectivity index is 1.82. The highest BCUT2D eigenvalue weighted by Crippen LogP contribution is 2.32. The van der Waals surface area contributed by atoms with Crippen LogP contribution in [0.3, 0.4) is 0 Å². The minimum absolute atomic E-state index is 0.205. The van der Waals surface area contributed by atoms with Crippen LogP contribution in [-0.2, 0) is 16.0 Å². The van der Waals surface area contributed by atoms with Crippen LogP contribution < -0.4 is 10.4 Å². The molecule has 0 spiro atoms. The van der Waals surface area contributed by atoms with Gasteiger partial charge in [-0.15, -0.1) is 13.2 Å². The molecule has 0 saturated heterocycles.